The van der Waals surface area contributed by atoms with Gasteiger partial charge in [-0.1, -0.05) is 31.9 Å². The molecule has 1 amide bonds. The van der Waals surface area contributed by atoms with Crippen LogP contribution in [-0.2, 0) is 14.3 Å². The number of unbranched alkanes of at least 4 members (excludes halogenated alkanes) is 2. The summed E-state index contributed by atoms with van der Waals surface area (Å²) in [5.74, 6) is -0.0170. The number of aryl methyl sites for hydroxylation is 1. The summed E-state index contributed by atoms with van der Waals surface area (Å²) in [6.07, 6.45) is 3.94. The fourth-order valence-corrected chi connectivity index (χ4v) is 5.22. The normalized spacial score (nSPS) is 19.5. The van der Waals surface area contributed by atoms with E-state index in [-0.39, 0.29) is 11.3 Å². The lowest BCUT2D eigenvalue weighted by atomic mass is 9.94. The van der Waals surface area contributed by atoms with Gasteiger partial charge in [-0.05, 0) is 61.2 Å². The number of hydrogen-bond acceptors (Lipinski definition) is 7. The summed E-state index contributed by atoms with van der Waals surface area (Å²) in [4.78, 5) is 30.6. The second kappa shape index (κ2) is 13.6. The number of likely N-dealkylation sites (tertiary alicyclic amines) is 1. The number of aliphatic hydroxyl groups excluding tert-OH is 1. The van der Waals surface area contributed by atoms with E-state index >= 15 is 0 Å². The van der Waals surface area contributed by atoms with Crippen LogP contribution in [0.4, 0.5) is 0 Å². The van der Waals surface area contributed by atoms with Crippen molar-refractivity contribution in [1.82, 2.24) is 9.80 Å². The molecule has 1 unspecified atom stereocenters. The quantitative estimate of drug-likeness (QED) is 0.182. The molecule has 0 aromatic heterocycles. The predicted molar refractivity (Wildman–Crippen MR) is 150 cm³/mol. The van der Waals surface area contributed by atoms with E-state index in [0.29, 0.717) is 44.1 Å². The van der Waals surface area contributed by atoms with Crippen LogP contribution in [0, 0.1) is 6.92 Å². The first kappa shape index (κ1) is 28.6. The Labute approximate surface area is 231 Å². The number of benzene rings is 2. The molecule has 0 radical (unpaired) electrons. The van der Waals surface area contributed by atoms with E-state index in [9.17, 15) is 14.7 Å². The molecule has 0 aliphatic carbocycles. The SMILES string of the molecule is CCCCCOc1ccc(C2C(=C(O)c3ccc(OC)c(C)c3)C(=O)C(=O)N2CCCN2CCOCC2)cc1. The molecule has 39 heavy (non-hydrogen) atoms. The summed E-state index contributed by atoms with van der Waals surface area (Å²) >= 11 is 0. The maximum Gasteiger partial charge on any atom is 0.295 e. The van der Waals surface area contributed by atoms with E-state index in [1.165, 1.54) is 0 Å². The summed E-state index contributed by atoms with van der Waals surface area (Å²) in [6, 6.07) is 12.0. The van der Waals surface area contributed by atoms with Gasteiger partial charge in [-0.15, -0.1) is 0 Å². The molecule has 2 aromatic carbocycles. The van der Waals surface area contributed by atoms with Crippen molar-refractivity contribution in [2.75, 3.05) is 53.1 Å². The molecule has 1 atom stereocenters. The third-order valence-corrected chi connectivity index (χ3v) is 7.40. The van der Waals surface area contributed by atoms with Crippen molar-refractivity contribution in [2.24, 2.45) is 0 Å². The predicted octanol–water partition coefficient (Wildman–Crippen LogP) is 4.72. The van der Waals surface area contributed by atoms with Crippen molar-refractivity contribution in [2.45, 2.75) is 45.6 Å². The first-order valence-electron chi connectivity index (χ1n) is 13.9. The molecule has 2 fully saturated rings. The van der Waals surface area contributed by atoms with Crippen molar-refractivity contribution < 1.29 is 28.9 Å². The molecule has 2 heterocycles. The number of hydrogen-bond donors (Lipinski definition) is 1. The lowest BCUT2D eigenvalue weighted by Crippen LogP contribution is -2.38. The Morgan fingerprint density at radius 1 is 1.03 bits per heavy atom. The lowest BCUT2D eigenvalue weighted by Gasteiger charge is -2.29. The summed E-state index contributed by atoms with van der Waals surface area (Å²) in [5.41, 5.74) is 2.16. The van der Waals surface area contributed by atoms with Crippen molar-refractivity contribution in [3.8, 4) is 11.5 Å². The first-order chi connectivity index (χ1) is 18.9. The number of methoxy groups -OCH3 is 1. The molecule has 8 heteroatoms. The molecule has 2 aromatic rings. The Bertz CT molecular complexity index is 1170. The molecule has 210 valence electrons. The van der Waals surface area contributed by atoms with E-state index < -0.39 is 17.7 Å². The second-order valence-electron chi connectivity index (χ2n) is 10.1. The van der Waals surface area contributed by atoms with Gasteiger partial charge >= 0.3 is 0 Å². The molecule has 1 N–H and O–H groups in total. The van der Waals surface area contributed by atoms with Crippen LogP contribution < -0.4 is 9.47 Å². The van der Waals surface area contributed by atoms with Gasteiger partial charge < -0.3 is 24.2 Å². The van der Waals surface area contributed by atoms with Crippen molar-refractivity contribution in [1.29, 1.82) is 0 Å². The Balaban J connectivity index is 1.63. The van der Waals surface area contributed by atoms with Gasteiger partial charge in [0.15, 0.2) is 0 Å². The number of amides is 1. The van der Waals surface area contributed by atoms with E-state index in [1.54, 1.807) is 30.2 Å². The maximum absolute atomic E-state index is 13.4. The van der Waals surface area contributed by atoms with Gasteiger partial charge in [-0.3, -0.25) is 14.5 Å². The summed E-state index contributed by atoms with van der Waals surface area (Å²) < 4.78 is 16.7. The highest BCUT2D eigenvalue weighted by atomic mass is 16.5. The number of ketones is 1. The number of nitrogens with zero attached hydrogens (tertiary/aromatic N) is 2. The molecule has 0 bridgehead atoms. The monoisotopic (exact) mass is 536 g/mol. The van der Waals surface area contributed by atoms with Gasteiger partial charge in [0.1, 0.15) is 17.3 Å². The maximum atomic E-state index is 13.4. The summed E-state index contributed by atoms with van der Waals surface area (Å²) in [7, 11) is 1.58. The summed E-state index contributed by atoms with van der Waals surface area (Å²) in [6.45, 7) is 9.01. The van der Waals surface area contributed by atoms with Gasteiger partial charge in [0.2, 0.25) is 0 Å². The minimum Gasteiger partial charge on any atom is -0.507 e. The molecule has 0 saturated carbocycles. The zero-order valence-corrected chi connectivity index (χ0v) is 23.3. The highest BCUT2D eigenvalue weighted by molar-refractivity contribution is 6.46. The topological polar surface area (TPSA) is 88.5 Å². The molecular formula is C31H40N2O6. The van der Waals surface area contributed by atoms with Crippen LogP contribution in [0.3, 0.4) is 0 Å². The number of ether oxygens (including phenoxy) is 3. The standard InChI is InChI=1S/C31H40N2O6/c1-4-5-6-18-39-25-11-8-23(9-12-25)28-27(29(34)24-10-13-26(37-3)22(2)21-24)30(35)31(36)33(28)15-7-14-32-16-19-38-20-17-32/h8-13,21,28,34H,4-7,14-20H2,1-3H3. The molecular weight excluding hydrogens is 496 g/mol. The molecule has 2 saturated heterocycles. The third-order valence-electron chi connectivity index (χ3n) is 7.40. The average Bonchev–Trinajstić information content (AvgIpc) is 3.21. The zero-order chi connectivity index (χ0) is 27.8. The van der Waals surface area contributed by atoms with Crippen molar-refractivity contribution in [3.05, 3.63) is 64.7 Å². The van der Waals surface area contributed by atoms with Crippen LogP contribution in [0.15, 0.2) is 48.0 Å². The number of carbonyl (C=O) groups excluding carboxylic acids is 2. The van der Waals surface area contributed by atoms with Crippen molar-refractivity contribution >= 4 is 17.4 Å². The van der Waals surface area contributed by atoms with E-state index in [1.807, 2.05) is 31.2 Å². The minimum absolute atomic E-state index is 0.104. The van der Waals surface area contributed by atoms with Crippen molar-refractivity contribution in [3.63, 3.8) is 0 Å². The number of Topliss-reactive ketones (excluding diaryl/α,β-unsaturated/α-hetero) is 1. The number of aliphatic hydroxyl groups is 1. The smallest absolute Gasteiger partial charge is 0.295 e. The first-order valence-corrected chi connectivity index (χ1v) is 13.9. The average molecular weight is 537 g/mol. The minimum atomic E-state index is -0.689. The Kier molecular flexibility index (Phi) is 10.0. The fourth-order valence-electron chi connectivity index (χ4n) is 5.22. The number of rotatable bonds is 12. The number of carbonyl (C=O) groups is 2. The van der Waals surface area contributed by atoms with E-state index in [0.717, 1.165) is 55.8 Å². The summed E-state index contributed by atoms with van der Waals surface area (Å²) in [5, 5.41) is 11.4. The lowest BCUT2D eigenvalue weighted by molar-refractivity contribution is -0.140. The Hall–Kier alpha value is -3.36. The van der Waals surface area contributed by atoms with E-state index in [4.69, 9.17) is 14.2 Å². The van der Waals surface area contributed by atoms with Crippen LogP contribution in [0.5, 0.6) is 11.5 Å². The van der Waals surface area contributed by atoms with Gasteiger partial charge in [-0.25, -0.2) is 0 Å². The molecule has 4 rings (SSSR count). The fraction of sp³-hybridized carbons (Fsp3) is 0.484. The Morgan fingerprint density at radius 2 is 1.77 bits per heavy atom. The van der Waals surface area contributed by atoms with Crippen LogP contribution in [-0.4, -0.2) is 79.7 Å². The molecule has 8 nitrogen and oxygen atoms in total. The highest BCUT2D eigenvalue weighted by Crippen LogP contribution is 2.40. The molecule has 2 aliphatic heterocycles. The third kappa shape index (κ3) is 6.81. The largest absolute Gasteiger partial charge is 0.507 e. The molecule has 0 spiro atoms. The Morgan fingerprint density at radius 3 is 2.44 bits per heavy atom. The van der Waals surface area contributed by atoms with Crippen LogP contribution in [0.2, 0.25) is 0 Å². The zero-order valence-electron chi connectivity index (χ0n) is 23.3. The highest BCUT2D eigenvalue weighted by Gasteiger charge is 2.45. The van der Waals surface area contributed by atoms with Crippen LogP contribution in [0.1, 0.15) is 55.3 Å². The van der Waals surface area contributed by atoms with Gasteiger partial charge in [0, 0.05) is 31.7 Å². The molecule has 2 aliphatic rings. The van der Waals surface area contributed by atoms with E-state index in [2.05, 4.69) is 11.8 Å². The van der Waals surface area contributed by atoms with Crippen LogP contribution in [0.25, 0.3) is 5.76 Å². The van der Waals surface area contributed by atoms with Crippen LogP contribution >= 0.6 is 0 Å². The van der Waals surface area contributed by atoms with Gasteiger partial charge in [0.05, 0.1) is 38.5 Å². The second-order valence-corrected chi connectivity index (χ2v) is 10.1. The van der Waals surface area contributed by atoms with Gasteiger partial charge in [0.25, 0.3) is 11.7 Å². The number of morpholine rings is 1. The van der Waals surface area contributed by atoms with Gasteiger partial charge in [-0.2, -0.15) is 0 Å².